The van der Waals surface area contributed by atoms with E-state index in [1.54, 1.807) is 14.0 Å². The molecule has 0 aromatic carbocycles. The predicted molar refractivity (Wildman–Crippen MR) is 73.5 cm³/mol. The van der Waals surface area contributed by atoms with E-state index >= 15 is 0 Å². The van der Waals surface area contributed by atoms with Gasteiger partial charge in [-0.2, -0.15) is 0 Å². The molecule has 19 heavy (non-hydrogen) atoms. The molecule has 0 unspecified atom stereocenters. The molecule has 2 N–H and O–H groups in total. The molecule has 0 saturated heterocycles. The highest BCUT2D eigenvalue weighted by Gasteiger charge is 2.21. The largest absolute Gasteiger partial charge is 0.372 e. The van der Waals surface area contributed by atoms with Gasteiger partial charge in [0.2, 0.25) is 5.88 Å². The van der Waals surface area contributed by atoms with Crippen LogP contribution in [-0.4, -0.2) is 25.6 Å². The molecular weight excluding hydrogens is 336 g/mol. The van der Waals surface area contributed by atoms with Crippen molar-refractivity contribution in [3.63, 3.8) is 0 Å². The van der Waals surface area contributed by atoms with E-state index in [1.165, 1.54) is 18.3 Å². The van der Waals surface area contributed by atoms with E-state index in [2.05, 4.69) is 36.1 Å². The van der Waals surface area contributed by atoms with E-state index in [-0.39, 0.29) is 16.6 Å². The number of pyridine rings is 1. The third kappa shape index (κ3) is 3.04. The van der Waals surface area contributed by atoms with Gasteiger partial charge in [0.1, 0.15) is 10.7 Å². The van der Waals surface area contributed by atoms with Crippen molar-refractivity contribution in [2.24, 2.45) is 0 Å². The Morgan fingerprint density at radius 1 is 1.37 bits per heavy atom. The molecule has 0 aliphatic heterocycles. The number of aromatic nitrogens is 2. The van der Waals surface area contributed by atoms with E-state index in [9.17, 15) is 8.42 Å². The maximum atomic E-state index is 12.2. The van der Waals surface area contributed by atoms with Crippen LogP contribution in [0.25, 0.3) is 0 Å². The van der Waals surface area contributed by atoms with Crippen molar-refractivity contribution < 1.29 is 12.9 Å². The molecule has 2 aromatic rings. The zero-order valence-corrected chi connectivity index (χ0v) is 12.5. The van der Waals surface area contributed by atoms with Crippen molar-refractivity contribution in [2.45, 2.75) is 11.8 Å². The van der Waals surface area contributed by atoms with Crippen LogP contribution in [0.5, 0.6) is 0 Å². The summed E-state index contributed by atoms with van der Waals surface area (Å²) in [5, 5.41) is 6.33. The second kappa shape index (κ2) is 5.17. The first-order valence-corrected chi connectivity index (χ1v) is 7.49. The Morgan fingerprint density at radius 2 is 2.11 bits per heavy atom. The van der Waals surface area contributed by atoms with Crippen LogP contribution in [0, 0.1) is 6.92 Å². The number of halogens is 1. The van der Waals surface area contributed by atoms with E-state index in [0.717, 1.165) is 0 Å². The van der Waals surface area contributed by atoms with Crippen molar-refractivity contribution in [3.8, 4) is 0 Å². The van der Waals surface area contributed by atoms with Gasteiger partial charge in [-0.25, -0.2) is 18.1 Å². The molecule has 0 saturated carbocycles. The van der Waals surface area contributed by atoms with Crippen molar-refractivity contribution >= 4 is 37.7 Å². The molecule has 2 aromatic heterocycles. The summed E-state index contributed by atoms with van der Waals surface area (Å²) in [5.41, 5.74) is 0.582. The third-order valence-corrected chi connectivity index (χ3v) is 4.00. The van der Waals surface area contributed by atoms with Crippen LogP contribution in [-0.2, 0) is 10.0 Å². The van der Waals surface area contributed by atoms with Crippen LogP contribution in [0.15, 0.2) is 32.2 Å². The third-order valence-electron chi connectivity index (χ3n) is 2.21. The van der Waals surface area contributed by atoms with Gasteiger partial charge in [-0.15, -0.1) is 0 Å². The maximum Gasteiger partial charge on any atom is 0.267 e. The number of hydrogen-bond acceptors (Lipinski definition) is 6. The van der Waals surface area contributed by atoms with Gasteiger partial charge in [-0.05, 0) is 28.9 Å². The van der Waals surface area contributed by atoms with E-state index < -0.39 is 10.0 Å². The summed E-state index contributed by atoms with van der Waals surface area (Å²) in [6.07, 6.45) is 1.50. The summed E-state index contributed by atoms with van der Waals surface area (Å²) in [6, 6.07) is 2.94. The average Bonchev–Trinajstić information content (AvgIpc) is 2.74. The van der Waals surface area contributed by atoms with Crippen LogP contribution < -0.4 is 10.0 Å². The smallest absolute Gasteiger partial charge is 0.267 e. The highest BCUT2D eigenvalue weighted by molar-refractivity contribution is 9.10. The second-order valence-corrected chi connectivity index (χ2v) is 6.25. The molecule has 2 heterocycles. The number of nitrogens with one attached hydrogen (secondary N) is 2. The van der Waals surface area contributed by atoms with Crippen molar-refractivity contribution in [1.29, 1.82) is 0 Å². The number of aryl methyl sites for hydroxylation is 1. The SMILES string of the molecule is CNc1ncc(Br)cc1S(=O)(=O)Nc1cc(C)no1. The molecule has 0 aliphatic rings. The zero-order chi connectivity index (χ0) is 14.0. The summed E-state index contributed by atoms with van der Waals surface area (Å²) in [4.78, 5) is 4.00. The molecule has 0 aliphatic carbocycles. The highest BCUT2D eigenvalue weighted by atomic mass is 79.9. The zero-order valence-electron chi connectivity index (χ0n) is 10.1. The summed E-state index contributed by atoms with van der Waals surface area (Å²) in [7, 11) is -2.21. The lowest BCUT2D eigenvalue weighted by atomic mass is 10.4. The molecule has 0 atom stereocenters. The monoisotopic (exact) mass is 346 g/mol. The van der Waals surface area contributed by atoms with Crippen LogP contribution in [0.1, 0.15) is 5.69 Å². The fourth-order valence-corrected chi connectivity index (χ4v) is 3.06. The fourth-order valence-electron chi connectivity index (χ4n) is 1.41. The standard InChI is InChI=1S/C10H11BrN4O3S/c1-6-3-9(18-14-6)15-19(16,17)8-4-7(11)5-13-10(8)12-2/h3-5,15H,1-2H3,(H,12,13). The fraction of sp³-hybridized carbons (Fsp3) is 0.200. The van der Waals surface area contributed by atoms with Gasteiger partial charge >= 0.3 is 0 Å². The normalized spacial score (nSPS) is 11.3. The summed E-state index contributed by atoms with van der Waals surface area (Å²) >= 11 is 3.19. The molecule has 0 radical (unpaired) electrons. The van der Waals surface area contributed by atoms with Gasteiger partial charge in [-0.3, -0.25) is 0 Å². The number of anilines is 2. The van der Waals surface area contributed by atoms with Crippen LogP contribution in [0.3, 0.4) is 0 Å². The molecule has 9 heteroatoms. The molecule has 102 valence electrons. The molecule has 7 nitrogen and oxygen atoms in total. The molecular formula is C10H11BrN4O3S. The average molecular weight is 347 g/mol. The number of hydrogen-bond donors (Lipinski definition) is 2. The topological polar surface area (TPSA) is 97.1 Å². The summed E-state index contributed by atoms with van der Waals surface area (Å²) in [6.45, 7) is 1.70. The Labute approximate surface area is 118 Å². The van der Waals surface area contributed by atoms with E-state index in [4.69, 9.17) is 4.52 Å². The van der Waals surface area contributed by atoms with Crippen molar-refractivity contribution in [1.82, 2.24) is 10.1 Å². The lowest BCUT2D eigenvalue weighted by Gasteiger charge is -2.09. The first kappa shape index (κ1) is 13.8. The Bertz CT molecular complexity index is 699. The Morgan fingerprint density at radius 3 is 2.68 bits per heavy atom. The predicted octanol–water partition coefficient (Wildman–Crippen LogP) is 1.98. The first-order chi connectivity index (χ1) is 8.92. The highest BCUT2D eigenvalue weighted by Crippen LogP contribution is 2.25. The lowest BCUT2D eigenvalue weighted by Crippen LogP contribution is -2.15. The van der Waals surface area contributed by atoms with Crippen LogP contribution >= 0.6 is 15.9 Å². The second-order valence-electron chi connectivity index (χ2n) is 3.69. The summed E-state index contributed by atoms with van der Waals surface area (Å²) in [5.74, 6) is 0.298. The quantitative estimate of drug-likeness (QED) is 0.878. The minimum atomic E-state index is -3.80. The molecule has 2 rings (SSSR count). The summed E-state index contributed by atoms with van der Waals surface area (Å²) < 4.78 is 32.2. The van der Waals surface area contributed by atoms with Gasteiger partial charge < -0.3 is 9.84 Å². The maximum absolute atomic E-state index is 12.2. The van der Waals surface area contributed by atoms with Crippen LogP contribution in [0.4, 0.5) is 11.7 Å². The number of rotatable bonds is 4. The molecule has 0 spiro atoms. The van der Waals surface area contributed by atoms with Gasteiger partial charge in [-0.1, -0.05) is 5.16 Å². The van der Waals surface area contributed by atoms with Gasteiger partial charge in [0.15, 0.2) is 0 Å². The first-order valence-electron chi connectivity index (χ1n) is 5.22. The van der Waals surface area contributed by atoms with Gasteiger partial charge in [0, 0.05) is 23.8 Å². The Balaban J connectivity index is 2.41. The van der Waals surface area contributed by atoms with E-state index in [0.29, 0.717) is 10.2 Å². The van der Waals surface area contributed by atoms with Crippen molar-refractivity contribution in [2.75, 3.05) is 17.1 Å². The van der Waals surface area contributed by atoms with Gasteiger partial charge in [0.05, 0.1) is 5.69 Å². The Hall–Kier alpha value is -1.61. The van der Waals surface area contributed by atoms with E-state index in [1.807, 2.05) is 0 Å². The van der Waals surface area contributed by atoms with Crippen molar-refractivity contribution in [3.05, 3.63) is 28.5 Å². The van der Waals surface area contributed by atoms with Crippen LogP contribution in [0.2, 0.25) is 0 Å². The lowest BCUT2D eigenvalue weighted by molar-refractivity contribution is 0.430. The minimum Gasteiger partial charge on any atom is -0.372 e. The van der Waals surface area contributed by atoms with Gasteiger partial charge in [0.25, 0.3) is 10.0 Å². The Kier molecular flexibility index (Phi) is 3.76. The minimum absolute atomic E-state index is 0.0124. The molecule has 0 bridgehead atoms. The number of sulfonamides is 1. The molecule has 0 amide bonds. The molecule has 0 fully saturated rings. The number of nitrogens with zero attached hydrogens (tertiary/aromatic N) is 2.